The molecule has 1 saturated heterocycles. The van der Waals surface area contributed by atoms with E-state index in [9.17, 15) is 4.79 Å². The zero-order chi connectivity index (χ0) is 15.5. The second-order valence-corrected chi connectivity index (χ2v) is 5.93. The highest BCUT2D eigenvalue weighted by atomic mass is 16.2. The Bertz CT molecular complexity index is 645. The molecule has 0 unspecified atom stereocenters. The maximum absolute atomic E-state index is 12.4. The fraction of sp³-hybridized carbons (Fsp3) is 0.562. The first kappa shape index (κ1) is 14.8. The predicted molar refractivity (Wildman–Crippen MR) is 83.5 cm³/mol. The number of amides is 1. The van der Waals surface area contributed by atoms with Gasteiger partial charge in [-0.1, -0.05) is 6.92 Å². The van der Waals surface area contributed by atoms with Crippen LogP contribution in [-0.2, 0) is 17.8 Å². The van der Waals surface area contributed by atoms with Crippen LogP contribution in [0.1, 0.15) is 42.8 Å². The van der Waals surface area contributed by atoms with E-state index in [2.05, 4.69) is 33.6 Å². The van der Waals surface area contributed by atoms with Gasteiger partial charge in [0.25, 0.3) is 0 Å². The van der Waals surface area contributed by atoms with E-state index >= 15 is 0 Å². The lowest BCUT2D eigenvalue weighted by Gasteiger charge is -2.17. The summed E-state index contributed by atoms with van der Waals surface area (Å²) < 4.78 is 2.07. The number of aromatic amines is 1. The van der Waals surface area contributed by atoms with Crippen LogP contribution in [0.15, 0.2) is 18.6 Å². The van der Waals surface area contributed by atoms with Crippen LogP contribution in [0, 0.1) is 6.92 Å². The normalized spacial score (nSPS) is 18.1. The average Bonchev–Trinajstić information content (AvgIpc) is 3.24. The zero-order valence-corrected chi connectivity index (χ0v) is 13.2. The van der Waals surface area contributed by atoms with Crippen molar-refractivity contribution < 1.29 is 4.79 Å². The lowest BCUT2D eigenvalue weighted by Crippen LogP contribution is -2.29. The average molecular weight is 301 g/mol. The number of rotatable bonds is 5. The number of nitrogens with one attached hydrogen (secondary N) is 1. The van der Waals surface area contributed by atoms with Crippen LogP contribution < -0.4 is 0 Å². The minimum Gasteiger partial charge on any atom is -0.342 e. The third-order valence-corrected chi connectivity index (χ3v) is 4.50. The topological polar surface area (TPSA) is 66.8 Å². The summed E-state index contributed by atoms with van der Waals surface area (Å²) in [6.45, 7) is 6.50. The number of carbonyl (C=O) groups excluding carboxylic acids is 1. The summed E-state index contributed by atoms with van der Waals surface area (Å²) in [6, 6.07) is 0. The van der Waals surface area contributed by atoms with Crippen LogP contribution in [0.3, 0.4) is 0 Å². The first-order valence-electron chi connectivity index (χ1n) is 7.96. The molecule has 6 nitrogen and oxygen atoms in total. The van der Waals surface area contributed by atoms with Gasteiger partial charge in [0.2, 0.25) is 5.91 Å². The van der Waals surface area contributed by atoms with Gasteiger partial charge >= 0.3 is 0 Å². The Balaban J connectivity index is 1.55. The summed E-state index contributed by atoms with van der Waals surface area (Å²) in [7, 11) is 0. The molecule has 1 amide bonds. The SMILES string of the molecule is CCc1nccn1CCC(=O)N1CC[C@H](c2[nH]ncc2C)C1. The molecule has 1 aliphatic rings. The number of imidazole rings is 1. The quantitative estimate of drug-likeness (QED) is 0.917. The van der Waals surface area contributed by atoms with Gasteiger partial charge in [-0.05, 0) is 18.9 Å². The minimum absolute atomic E-state index is 0.232. The van der Waals surface area contributed by atoms with Crippen molar-refractivity contribution in [2.24, 2.45) is 0 Å². The van der Waals surface area contributed by atoms with Crippen molar-refractivity contribution >= 4 is 5.91 Å². The number of nitrogens with zero attached hydrogens (tertiary/aromatic N) is 4. The summed E-state index contributed by atoms with van der Waals surface area (Å²) in [5.74, 6) is 1.67. The molecule has 2 aromatic rings. The van der Waals surface area contributed by atoms with Crippen molar-refractivity contribution in [2.75, 3.05) is 13.1 Å². The van der Waals surface area contributed by atoms with E-state index in [1.807, 2.05) is 17.3 Å². The monoisotopic (exact) mass is 301 g/mol. The highest BCUT2D eigenvalue weighted by Gasteiger charge is 2.28. The zero-order valence-electron chi connectivity index (χ0n) is 13.2. The highest BCUT2D eigenvalue weighted by Crippen LogP contribution is 2.28. The van der Waals surface area contributed by atoms with E-state index in [1.54, 1.807) is 6.20 Å². The molecule has 0 bridgehead atoms. The van der Waals surface area contributed by atoms with Gasteiger partial charge in [0.05, 0.1) is 6.20 Å². The Morgan fingerprint density at radius 1 is 1.50 bits per heavy atom. The number of hydrogen-bond donors (Lipinski definition) is 1. The van der Waals surface area contributed by atoms with Crippen molar-refractivity contribution in [3.05, 3.63) is 35.7 Å². The van der Waals surface area contributed by atoms with Gasteiger partial charge in [-0.15, -0.1) is 0 Å². The first-order valence-corrected chi connectivity index (χ1v) is 7.96. The molecule has 0 aliphatic carbocycles. The van der Waals surface area contributed by atoms with E-state index in [-0.39, 0.29) is 5.91 Å². The van der Waals surface area contributed by atoms with Crippen molar-refractivity contribution in [2.45, 2.75) is 45.6 Å². The van der Waals surface area contributed by atoms with E-state index in [0.717, 1.165) is 31.8 Å². The van der Waals surface area contributed by atoms with Crippen molar-refractivity contribution in [1.29, 1.82) is 0 Å². The molecule has 1 fully saturated rings. The molecule has 3 heterocycles. The second kappa shape index (κ2) is 6.34. The summed E-state index contributed by atoms with van der Waals surface area (Å²) in [5.41, 5.74) is 2.36. The van der Waals surface area contributed by atoms with E-state index in [1.165, 1.54) is 11.3 Å². The molecule has 1 atom stereocenters. The first-order chi connectivity index (χ1) is 10.7. The van der Waals surface area contributed by atoms with E-state index in [0.29, 0.717) is 18.9 Å². The Hall–Kier alpha value is -2.11. The molecule has 22 heavy (non-hydrogen) atoms. The molecule has 118 valence electrons. The number of likely N-dealkylation sites (tertiary alicyclic amines) is 1. The molecule has 1 N–H and O–H groups in total. The molecule has 0 spiro atoms. The Labute approximate surface area is 130 Å². The highest BCUT2D eigenvalue weighted by molar-refractivity contribution is 5.76. The summed E-state index contributed by atoms with van der Waals surface area (Å²) in [5, 5.41) is 7.16. The van der Waals surface area contributed by atoms with Gasteiger partial charge in [0.1, 0.15) is 5.82 Å². The van der Waals surface area contributed by atoms with Gasteiger partial charge in [-0.25, -0.2) is 4.98 Å². The number of carbonyl (C=O) groups is 1. The molecule has 0 saturated carbocycles. The molecule has 6 heteroatoms. The minimum atomic E-state index is 0.232. The molecule has 0 radical (unpaired) electrons. The van der Waals surface area contributed by atoms with Gasteiger partial charge in [0, 0.05) is 56.5 Å². The van der Waals surface area contributed by atoms with Crippen LogP contribution in [-0.4, -0.2) is 43.6 Å². The third kappa shape index (κ3) is 2.91. The van der Waals surface area contributed by atoms with Crippen LogP contribution in [0.5, 0.6) is 0 Å². The fourth-order valence-corrected chi connectivity index (χ4v) is 3.22. The number of aryl methyl sites for hydroxylation is 3. The van der Waals surface area contributed by atoms with Crippen molar-refractivity contribution in [3.8, 4) is 0 Å². The van der Waals surface area contributed by atoms with Gasteiger partial charge in [0.15, 0.2) is 0 Å². The van der Waals surface area contributed by atoms with Crippen molar-refractivity contribution in [3.63, 3.8) is 0 Å². The summed E-state index contributed by atoms with van der Waals surface area (Å²) >= 11 is 0. The Morgan fingerprint density at radius 2 is 2.36 bits per heavy atom. The van der Waals surface area contributed by atoms with Crippen LogP contribution in [0.2, 0.25) is 0 Å². The van der Waals surface area contributed by atoms with Gasteiger partial charge in [-0.3, -0.25) is 9.89 Å². The lowest BCUT2D eigenvalue weighted by molar-refractivity contribution is -0.130. The fourth-order valence-electron chi connectivity index (χ4n) is 3.22. The molecule has 0 aromatic carbocycles. The molecule has 3 rings (SSSR count). The summed E-state index contributed by atoms with van der Waals surface area (Å²) in [6.07, 6.45) is 8.05. The van der Waals surface area contributed by atoms with Crippen LogP contribution >= 0.6 is 0 Å². The standard InChI is InChI=1S/C16H23N5O/c1-3-14-17-6-9-20(14)8-5-15(22)21-7-4-13(11-21)16-12(2)10-18-19-16/h6,9-10,13H,3-5,7-8,11H2,1-2H3,(H,18,19)/t13-/m0/s1. The number of aromatic nitrogens is 4. The predicted octanol–water partition coefficient (Wildman–Crippen LogP) is 1.88. The maximum atomic E-state index is 12.4. The summed E-state index contributed by atoms with van der Waals surface area (Å²) in [4.78, 5) is 18.7. The maximum Gasteiger partial charge on any atom is 0.224 e. The number of hydrogen-bond acceptors (Lipinski definition) is 3. The van der Waals surface area contributed by atoms with Crippen LogP contribution in [0.25, 0.3) is 0 Å². The lowest BCUT2D eigenvalue weighted by atomic mass is 10.0. The van der Waals surface area contributed by atoms with Crippen molar-refractivity contribution in [1.82, 2.24) is 24.6 Å². The Kier molecular flexibility index (Phi) is 4.27. The molecule has 2 aromatic heterocycles. The largest absolute Gasteiger partial charge is 0.342 e. The van der Waals surface area contributed by atoms with E-state index in [4.69, 9.17) is 0 Å². The molecule has 1 aliphatic heterocycles. The Morgan fingerprint density at radius 3 is 3.09 bits per heavy atom. The smallest absolute Gasteiger partial charge is 0.224 e. The molecular weight excluding hydrogens is 278 g/mol. The number of H-pyrrole nitrogens is 1. The van der Waals surface area contributed by atoms with Gasteiger partial charge in [-0.2, -0.15) is 5.10 Å². The van der Waals surface area contributed by atoms with Gasteiger partial charge < -0.3 is 9.47 Å². The van der Waals surface area contributed by atoms with E-state index < -0.39 is 0 Å². The molecular formula is C16H23N5O. The van der Waals surface area contributed by atoms with Crippen LogP contribution in [0.4, 0.5) is 0 Å². The third-order valence-electron chi connectivity index (χ3n) is 4.50. The second-order valence-electron chi connectivity index (χ2n) is 5.93.